The molecular formula is C30H45ClN4O6S. The third-order valence-corrected chi connectivity index (χ3v) is 12.2. The smallest absolute Gasteiger partial charge is 0.407 e. The van der Waals surface area contributed by atoms with Gasteiger partial charge in [0.1, 0.15) is 6.04 Å². The van der Waals surface area contributed by atoms with Gasteiger partial charge in [-0.3, -0.25) is 9.69 Å². The molecule has 10 nitrogen and oxygen atoms in total. The van der Waals surface area contributed by atoms with E-state index in [9.17, 15) is 23.1 Å². The SMILES string of the molecule is CN(C(=O)O)[C@H](C(=O)N[C@H]1CCC[C@@H]1CC[C@H]1CN[C@@H]2CCCS(=O)(=O)N1C2)[C@@H](c1ccc(Cl)cc1)C1CCOCC1. The van der Waals surface area contributed by atoms with Crippen LogP contribution in [-0.2, 0) is 19.6 Å². The van der Waals surface area contributed by atoms with Crippen molar-refractivity contribution in [1.82, 2.24) is 19.8 Å². The average Bonchev–Trinajstić information content (AvgIpc) is 3.37. The molecular weight excluding hydrogens is 580 g/mol. The molecule has 3 saturated heterocycles. The molecule has 1 saturated carbocycles. The van der Waals surface area contributed by atoms with Crippen LogP contribution in [0.2, 0.25) is 5.02 Å². The monoisotopic (exact) mass is 624 g/mol. The first-order valence-corrected chi connectivity index (χ1v) is 17.4. The summed E-state index contributed by atoms with van der Waals surface area (Å²) < 4.78 is 33.2. The number of rotatable bonds is 9. The van der Waals surface area contributed by atoms with Gasteiger partial charge in [-0.2, -0.15) is 4.31 Å². The summed E-state index contributed by atoms with van der Waals surface area (Å²) in [5.41, 5.74) is 0.893. The van der Waals surface area contributed by atoms with Crippen LogP contribution in [0.4, 0.5) is 4.79 Å². The van der Waals surface area contributed by atoms with E-state index in [0.29, 0.717) is 37.7 Å². The fourth-order valence-corrected chi connectivity index (χ4v) is 9.60. The van der Waals surface area contributed by atoms with E-state index in [4.69, 9.17) is 16.3 Å². The highest BCUT2D eigenvalue weighted by molar-refractivity contribution is 7.89. The van der Waals surface area contributed by atoms with E-state index in [0.717, 1.165) is 61.8 Å². The van der Waals surface area contributed by atoms with Crippen LogP contribution in [0.1, 0.15) is 69.3 Å². The molecule has 234 valence electrons. The number of benzene rings is 1. The highest BCUT2D eigenvalue weighted by Gasteiger charge is 2.43. The predicted molar refractivity (Wildman–Crippen MR) is 161 cm³/mol. The zero-order chi connectivity index (χ0) is 29.9. The number of piperazine rings is 1. The summed E-state index contributed by atoms with van der Waals surface area (Å²) >= 11 is 6.18. The number of sulfonamides is 1. The summed E-state index contributed by atoms with van der Waals surface area (Å²) in [6.45, 7) is 2.36. The Kier molecular flexibility index (Phi) is 10.4. The van der Waals surface area contributed by atoms with Crippen LogP contribution in [0.5, 0.6) is 0 Å². The Morgan fingerprint density at radius 2 is 1.86 bits per heavy atom. The van der Waals surface area contributed by atoms with E-state index in [1.165, 1.54) is 7.05 Å². The number of ether oxygens (including phenoxy) is 1. The number of halogens is 1. The Hall–Kier alpha value is -1.92. The number of amides is 2. The number of nitrogens with zero attached hydrogens (tertiary/aromatic N) is 2. The lowest BCUT2D eigenvalue weighted by molar-refractivity contribution is -0.128. The minimum Gasteiger partial charge on any atom is -0.465 e. The molecule has 1 unspecified atom stereocenters. The van der Waals surface area contributed by atoms with E-state index >= 15 is 0 Å². The second-order valence-electron chi connectivity index (χ2n) is 12.5. The van der Waals surface area contributed by atoms with Crippen molar-refractivity contribution in [3.63, 3.8) is 0 Å². The summed E-state index contributed by atoms with van der Waals surface area (Å²) in [4.78, 5) is 27.6. The summed E-state index contributed by atoms with van der Waals surface area (Å²) in [6, 6.07) is 6.55. The van der Waals surface area contributed by atoms with E-state index < -0.39 is 22.2 Å². The van der Waals surface area contributed by atoms with Crippen LogP contribution in [0, 0.1) is 11.8 Å². The standard InChI is InChI=1S/C30H45ClN4O6S/c1-34(30(37)38)28(27(22-13-15-41-16-14-22)21-7-10-23(31)11-8-21)29(36)33-26-6-2-4-20(26)9-12-25-18-32-24-5-3-17-42(39,40)35(25)19-24/h7-8,10-11,20,22,24-28,32H,2-6,9,12-19H2,1H3,(H,33,36)(H,37,38)/t20-,24-,25+,26+,27+,28+/m1/s1. The van der Waals surface area contributed by atoms with Gasteiger partial charge in [0.25, 0.3) is 0 Å². The van der Waals surface area contributed by atoms with Crippen LogP contribution in [-0.4, -0.2) is 98.0 Å². The Morgan fingerprint density at radius 3 is 2.57 bits per heavy atom. The van der Waals surface area contributed by atoms with E-state index in [2.05, 4.69) is 10.6 Å². The third kappa shape index (κ3) is 7.23. The van der Waals surface area contributed by atoms with Gasteiger partial charge in [0, 0.05) is 62.4 Å². The summed E-state index contributed by atoms with van der Waals surface area (Å²) in [7, 11) is -1.77. The number of carbonyl (C=O) groups excluding carboxylic acids is 1. The molecule has 5 rings (SSSR count). The molecule has 1 aromatic carbocycles. The van der Waals surface area contributed by atoms with Crippen molar-refractivity contribution in [3.05, 3.63) is 34.9 Å². The Morgan fingerprint density at radius 1 is 1.12 bits per heavy atom. The van der Waals surface area contributed by atoms with Crippen LogP contribution in [0.3, 0.4) is 0 Å². The highest BCUT2D eigenvalue weighted by Crippen LogP contribution is 2.38. The first-order valence-electron chi connectivity index (χ1n) is 15.5. The summed E-state index contributed by atoms with van der Waals surface area (Å²) in [5, 5.41) is 17.5. The van der Waals surface area contributed by atoms with Crippen LogP contribution >= 0.6 is 11.6 Å². The van der Waals surface area contributed by atoms with Gasteiger partial charge >= 0.3 is 6.09 Å². The maximum atomic E-state index is 14.1. The number of hydrogen-bond donors (Lipinski definition) is 3. The lowest BCUT2D eigenvalue weighted by atomic mass is 9.76. The van der Waals surface area contributed by atoms with Crippen molar-refractivity contribution < 1.29 is 27.9 Å². The number of carboxylic acid groups (broad SMARTS) is 1. The molecule has 2 bridgehead atoms. The second-order valence-corrected chi connectivity index (χ2v) is 15.0. The van der Waals surface area contributed by atoms with Gasteiger partial charge in [0.15, 0.2) is 0 Å². The molecule has 42 heavy (non-hydrogen) atoms. The van der Waals surface area contributed by atoms with E-state index in [1.807, 2.05) is 12.1 Å². The molecule has 1 aliphatic carbocycles. The number of carbonyl (C=O) groups is 2. The van der Waals surface area contributed by atoms with Gasteiger partial charge < -0.3 is 20.5 Å². The molecule has 12 heteroatoms. The van der Waals surface area contributed by atoms with Crippen molar-refractivity contribution in [2.24, 2.45) is 11.8 Å². The molecule has 0 spiro atoms. The molecule has 0 radical (unpaired) electrons. The topological polar surface area (TPSA) is 128 Å². The molecule has 1 aromatic rings. The number of hydrogen-bond acceptors (Lipinski definition) is 6. The van der Waals surface area contributed by atoms with Crippen LogP contribution in [0.15, 0.2) is 24.3 Å². The molecule has 4 fully saturated rings. The first kappa shape index (κ1) is 31.5. The van der Waals surface area contributed by atoms with Gasteiger partial charge in [-0.1, -0.05) is 30.2 Å². The molecule has 3 N–H and O–H groups in total. The molecule has 3 aliphatic heterocycles. The Balaban J connectivity index is 1.31. The number of nitrogens with one attached hydrogen (secondary N) is 2. The van der Waals surface area contributed by atoms with Crippen molar-refractivity contribution >= 4 is 33.6 Å². The lowest BCUT2D eigenvalue weighted by Gasteiger charge is -2.40. The van der Waals surface area contributed by atoms with Crippen molar-refractivity contribution in [2.75, 3.05) is 39.1 Å². The average molecular weight is 625 g/mol. The van der Waals surface area contributed by atoms with Gasteiger partial charge in [-0.05, 0) is 80.9 Å². The highest BCUT2D eigenvalue weighted by atomic mass is 35.5. The van der Waals surface area contributed by atoms with Gasteiger partial charge in [-0.25, -0.2) is 13.2 Å². The summed E-state index contributed by atoms with van der Waals surface area (Å²) in [5.74, 6) is -0.115. The molecule has 0 aromatic heterocycles. The van der Waals surface area contributed by atoms with Gasteiger partial charge in [-0.15, -0.1) is 0 Å². The van der Waals surface area contributed by atoms with Crippen molar-refractivity contribution in [1.29, 1.82) is 0 Å². The zero-order valence-corrected chi connectivity index (χ0v) is 26.0. The normalized spacial score (nSPS) is 31.0. The fraction of sp³-hybridized carbons (Fsp3) is 0.733. The Labute approximate surface area is 254 Å². The number of likely N-dealkylation sites (N-methyl/N-ethyl adjacent to an activating group) is 1. The maximum Gasteiger partial charge on any atom is 0.407 e. The minimum atomic E-state index is -3.25. The second kappa shape index (κ2) is 13.8. The zero-order valence-electron chi connectivity index (χ0n) is 24.4. The largest absolute Gasteiger partial charge is 0.465 e. The molecule has 7 atom stereocenters. The van der Waals surface area contributed by atoms with Crippen molar-refractivity contribution in [3.8, 4) is 0 Å². The molecule has 2 amide bonds. The third-order valence-electron chi connectivity index (χ3n) is 9.98. The lowest BCUT2D eigenvalue weighted by Crippen LogP contribution is -2.57. The quantitative estimate of drug-likeness (QED) is 0.383. The van der Waals surface area contributed by atoms with E-state index in [-0.39, 0.29) is 47.5 Å². The first-order chi connectivity index (χ1) is 20.1. The minimum absolute atomic E-state index is 0.0741. The summed E-state index contributed by atoms with van der Waals surface area (Å²) in [6.07, 6.45) is 6.23. The molecule has 4 aliphatic rings. The van der Waals surface area contributed by atoms with Crippen molar-refractivity contribution in [2.45, 2.75) is 87.9 Å². The van der Waals surface area contributed by atoms with Gasteiger partial charge in [0.05, 0.1) is 5.75 Å². The predicted octanol–water partition coefficient (Wildman–Crippen LogP) is 3.66. The maximum absolute atomic E-state index is 14.1. The van der Waals surface area contributed by atoms with Crippen LogP contribution in [0.25, 0.3) is 0 Å². The van der Waals surface area contributed by atoms with Crippen LogP contribution < -0.4 is 10.6 Å². The molecule has 3 heterocycles. The van der Waals surface area contributed by atoms with Gasteiger partial charge in [0.2, 0.25) is 15.9 Å². The fourth-order valence-electron chi connectivity index (χ4n) is 7.66. The number of fused-ring (bicyclic) bond motifs is 2. The Bertz CT molecular complexity index is 1190. The van der Waals surface area contributed by atoms with E-state index in [1.54, 1.807) is 16.4 Å².